The highest BCUT2D eigenvalue weighted by atomic mass is 16.5. The number of aromatic nitrogens is 4. The molecule has 0 unspecified atom stereocenters. The Morgan fingerprint density at radius 3 is 2.57 bits per heavy atom. The lowest BCUT2D eigenvalue weighted by Crippen LogP contribution is -2.56. The van der Waals surface area contributed by atoms with Gasteiger partial charge >= 0.3 is 0 Å². The number of nitrogen functional groups attached to an aromatic ring is 1. The summed E-state index contributed by atoms with van der Waals surface area (Å²) in [7, 11) is 0. The van der Waals surface area contributed by atoms with Crippen LogP contribution in [0.25, 0.3) is 16.9 Å². The van der Waals surface area contributed by atoms with Crippen molar-refractivity contribution < 1.29 is 4.74 Å². The molecule has 2 aromatic heterocycles. The van der Waals surface area contributed by atoms with Gasteiger partial charge in [-0.25, -0.2) is 9.97 Å². The van der Waals surface area contributed by atoms with E-state index in [4.69, 9.17) is 10.5 Å². The Balaban J connectivity index is 1.46. The van der Waals surface area contributed by atoms with Crippen LogP contribution in [0, 0.1) is 0 Å². The summed E-state index contributed by atoms with van der Waals surface area (Å²) >= 11 is 0. The van der Waals surface area contributed by atoms with Crippen molar-refractivity contribution in [1.82, 2.24) is 24.4 Å². The van der Waals surface area contributed by atoms with Crippen LogP contribution in [0.1, 0.15) is 0 Å². The summed E-state index contributed by atoms with van der Waals surface area (Å²) < 4.78 is 7.32. The molecule has 28 heavy (non-hydrogen) atoms. The predicted molar refractivity (Wildman–Crippen MR) is 107 cm³/mol. The third kappa shape index (κ3) is 3.21. The molecular formula is C20H23N7O. The monoisotopic (exact) mass is 377 g/mol. The van der Waals surface area contributed by atoms with Crippen molar-refractivity contribution in [2.45, 2.75) is 6.04 Å². The van der Waals surface area contributed by atoms with Gasteiger partial charge in [-0.2, -0.15) is 0 Å². The summed E-state index contributed by atoms with van der Waals surface area (Å²) in [6.45, 7) is 5.87. The Labute approximate surface area is 163 Å². The lowest BCUT2D eigenvalue weighted by molar-refractivity contribution is -0.0660. The van der Waals surface area contributed by atoms with Crippen molar-refractivity contribution >= 4 is 11.5 Å². The van der Waals surface area contributed by atoms with Gasteiger partial charge in [0.05, 0.1) is 49.4 Å². The van der Waals surface area contributed by atoms with Crippen LogP contribution >= 0.6 is 0 Å². The molecule has 4 heterocycles. The molecule has 0 bridgehead atoms. The molecule has 2 saturated heterocycles. The highest BCUT2D eigenvalue weighted by Crippen LogP contribution is 2.31. The number of ether oxygens (including phenoxy) is 1. The first-order valence-electron chi connectivity index (χ1n) is 9.55. The molecule has 0 radical (unpaired) electrons. The Hall–Kier alpha value is -2.97. The number of imidazole rings is 1. The van der Waals surface area contributed by atoms with Crippen molar-refractivity contribution in [1.29, 1.82) is 0 Å². The third-order valence-electron chi connectivity index (χ3n) is 5.51. The van der Waals surface area contributed by atoms with E-state index in [0.29, 0.717) is 11.9 Å². The first kappa shape index (κ1) is 17.2. The molecule has 144 valence electrons. The molecule has 5 rings (SSSR count). The van der Waals surface area contributed by atoms with Crippen LogP contribution in [-0.2, 0) is 4.74 Å². The minimum atomic E-state index is 0.413. The van der Waals surface area contributed by atoms with E-state index in [1.165, 1.54) is 5.69 Å². The van der Waals surface area contributed by atoms with Gasteiger partial charge in [0.2, 0.25) is 0 Å². The normalized spacial score (nSPS) is 18.2. The second-order valence-corrected chi connectivity index (χ2v) is 7.21. The van der Waals surface area contributed by atoms with E-state index in [1.807, 2.05) is 10.8 Å². The van der Waals surface area contributed by atoms with Crippen LogP contribution in [0.5, 0.6) is 0 Å². The molecule has 2 aliphatic heterocycles. The molecule has 2 fully saturated rings. The van der Waals surface area contributed by atoms with Gasteiger partial charge in [-0.15, -0.1) is 0 Å². The van der Waals surface area contributed by atoms with Crippen LogP contribution in [-0.4, -0.2) is 69.9 Å². The predicted octanol–water partition coefficient (Wildman–Crippen LogP) is 1.43. The zero-order valence-corrected chi connectivity index (χ0v) is 15.6. The molecule has 0 saturated carbocycles. The average Bonchev–Trinajstić information content (AvgIpc) is 3.21. The van der Waals surface area contributed by atoms with Crippen LogP contribution in [0.3, 0.4) is 0 Å². The standard InChI is InChI=1S/C20H23N7O/c21-20-11-23-10-18(24-20)17-9-15(1-2-19(17)27-4-3-22-14-27)25-5-7-26(8-6-25)16-12-28-13-16/h1-4,9-11,14,16H,5-8,12-13H2,(H2,21,24). The SMILES string of the molecule is Nc1cncc(-c2cc(N3CCN(C4COC4)CC3)ccc2-n2ccnc2)n1. The number of hydrogen-bond acceptors (Lipinski definition) is 7. The number of piperazine rings is 1. The highest BCUT2D eigenvalue weighted by Gasteiger charge is 2.29. The van der Waals surface area contributed by atoms with Crippen LogP contribution in [0.4, 0.5) is 11.5 Å². The minimum Gasteiger partial charge on any atom is -0.382 e. The van der Waals surface area contributed by atoms with Crippen molar-refractivity contribution in [2.75, 3.05) is 50.0 Å². The van der Waals surface area contributed by atoms with Gasteiger partial charge in [-0.05, 0) is 18.2 Å². The fraction of sp³-hybridized carbons (Fsp3) is 0.350. The smallest absolute Gasteiger partial charge is 0.142 e. The maximum atomic E-state index is 5.89. The van der Waals surface area contributed by atoms with Crippen molar-refractivity contribution in [3.05, 3.63) is 49.3 Å². The van der Waals surface area contributed by atoms with Crippen LogP contribution < -0.4 is 10.6 Å². The molecule has 8 heteroatoms. The summed E-state index contributed by atoms with van der Waals surface area (Å²) in [6.07, 6.45) is 8.81. The summed E-state index contributed by atoms with van der Waals surface area (Å²) in [4.78, 5) is 17.9. The van der Waals surface area contributed by atoms with Gasteiger partial charge in [-0.1, -0.05) is 0 Å². The van der Waals surface area contributed by atoms with Crippen molar-refractivity contribution in [3.63, 3.8) is 0 Å². The maximum Gasteiger partial charge on any atom is 0.142 e. The van der Waals surface area contributed by atoms with Crippen molar-refractivity contribution in [2.24, 2.45) is 0 Å². The number of rotatable bonds is 4. The minimum absolute atomic E-state index is 0.413. The van der Waals surface area contributed by atoms with Gasteiger partial charge in [0, 0.05) is 49.8 Å². The fourth-order valence-electron chi connectivity index (χ4n) is 3.84. The maximum absolute atomic E-state index is 5.89. The van der Waals surface area contributed by atoms with Crippen molar-refractivity contribution in [3.8, 4) is 16.9 Å². The van der Waals surface area contributed by atoms with E-state index < -0.39 is 0 Å². The Bertz CT molecular complexity index is 947. The zero-order chi connectivity index (χ0) is 18.9. The van der Waals surface area contributed by atoms with E-state index in [1.54, 1.807) is 24.9 Å². The second kappa shape index (κ2) is 7.21. The van der Waals surface area contributed by atoms with Crippen LogP contribution in [0.2, 0.25) is 0 Å². The Kier molecular flexibility index (Phi) is 4.42. The summed E-state index contributed by atoms with van der Waals surface area (Å²) in [5.41, 5.74) is 9.83. The van der Waals surface area contributed by atoms with E-state index in [-0.39, 0.29) is 0 Å². The first-order chi connectivity index (χ1) is 13.8. The first-order valence-corrected chi connectivity index (χ1v) is 9.55. The lowest BCUT2D eigenvalue weighted by atomic mass is 10.1. The van der Waals surface area contributed by atoms with Crippen LogP contribution in [0.15, 0.2) is 49.3 Å². The van der Waals surface area contributed by atoms with E-state index in [2.05, 4.69) is 43.0 Å². The Morgan fingerprint density at radius 1 is 1.04 bits per heavy atom. The number of anilines is 2. The number of benzene rings is 1. The quantitative estimate of drug-likeness (QED) is 0.736. The molecule has 2 N–H and O–H groups in total. The molecule has 0 amide bonds. The summed E-state index contributed by atoms with van der Waals surface area (Å²) in [5, 5.41) is 0. The average molecular weight is 377 g/mol. The van der Waals surface area contributed by atoms with Gasteiger partial charge in [0.15, 0.2) is 0 Å². The van der Waals surface area contributed by atoms with Gasteiger partial charge in [-0.3, -0.25) is 9.88 Å². The lowest BCUT2D eigenvalue weighted by Gasteiger charge is -2.43. The Morgan fingerprint density at radius 2 is 1.89 bits per heavy atom. The van der Waals surface area contributed by atoms with E-state index >= 15 is 0 Å². The molecule has 2 aliphatic rings. The summed E-state index contributed by atoms with van der Waals surface area (Å²) in [5.74, 6) is 0.413. The summed E-state index contributed by atoms with van der Waals surface area (Å²) in [6, 6.07) is 7.06. The second-order valence-electron chi connectivity index (χ2n) is 7.21. The van der Waals surface area contributed by atoms with Gasteiger partial charge < -0.3 is 19.9 Å². The molecule has 0 aliphatic carbocycles. The highest BCUT2D eigenvalue weighted by molar-refractivity contribution is 5.75. The molecular weight excluding hydrogens is 354 g/mol. The third-order valence-corrected chi connectivity index (χ3v) is 5.51. The molecule has 8 nitrogen and oxygen atoms in total. The fourth-order valence-corrected chi connectivity index (χ4v) is 3.84. The van der Waals surface area contributed by atoms with Gasteiger partial charge in [0.25, 0.3) is 0 Å². The molecule has 3 aromatic rings. The van der Waals surface area contributed by atoms with E-state index in [0.717, 1.165) is 56.3 Å². The van der Waals surface area contributed by atoms with Gasteiger partial charge in [0.1, 0.15) is 5.82 Å². The topological polar surface area (TPSA) is 85.3 Å². The largest absolute Gasteiger partial charge is 0.382 e. The number of nitrogens with zero attached hydrogens (tertiary/aromatic N) is 6. The zero-order valence-electron chi connectivity index (χ0n) is 15.6. The molecule has 0 spiro atoms. The molecule has 0 atom stereocenters. The molecule has 1 aromatic carbocycles. The number of nitrogens with two attached hydrogens (primary N) is 1. The number of hydrogen-bond donors (Lipinski definition) is 1. The van der Waals surface area contributed by atoms with E-state index in [9.17, 15) is 0 Å².